The fraction of sp³-hybridized carbons (Fsp3) is 0.200. The second-order valence-corrected chi connectivity index (χ2v) is 9.09. The third-order valence-electron chi connectivity index (χ3n) is 5.00. The lowest BCUT2D eigenvalue weighted by atomic mass is 10.0. The number of nitrogens with zero attached hydrogens (tertiary/aromatic N) is 1. The summed E-state index contributed by atoms with van der Waals surface area (Å²) in [5.41, 5.74) is 1.74. The van der Waals surface area contributed by atoms with Crippen LogP contribution in [0.25, 0.3) is 0 Å². The molecule has 5 nitrogen and oxygen atoms in total. The number of hydrogen-bond donors (Lipinski definition) is 1. The van der Waals surface area contributed by atoms with Crippen LogP contribution >= 0.6 is 39.1 Å². The van der Waals surface area contributed by atoms with Crippen LogP contribution in [-0.2, 0) is 22.6 Å². The Morgan fingerprint density at radius 1 is 1.00 bits per heavy atom. The minimum absolute atomic E-state index is 0.196. The predicted molar refractivity (Wildman–Crippen MR) is 135 cm³/mol. The van der Waals surface area contributed by atoms with E-state index in [0.717, 1.165) is 15.6 Å². The molecular weight excluding hydrogens is 527 g/mol. The van der Waals surface area contributed by atoms with Crippen LogP contribution in [0.2, 0.25) is 10.0 Å². The van der Waals surface area contributed by atoms with Gasteiger partial charge in [0.05, 0.1) is 5.02 Å². The Morgan fingerprint density at radius 3 is 2.39 bits per heavy atom. The number of benzene rings is 3. The molecule has 0 aliphatic rings. The van der Waals surface area contributed by atoms with Gasteiger partial charge in [0.25, 0.3) is 5.91 Å². The molecule has 0 bridgehead atoms. The van der Waals surface area contributed by atoms with E-state index in [4.69, 9.17) is 27.9 Å². The van der Waals surface area contributed by atoms with Crippen LogP contribution in [0.5, 0.6) is 5.75 Å². The molecule has 0 aliphatic carbocycles. The first kappa shape index (κ1) is 25.1. The number of halogens is 3. The monoisotopic (exact) mass is 548 g/mol. The highest BCUT2D eigenvalue weighted by Gasteiger charge is 2.30. The van der Waals surface area contributed by atoms with Crippen molar-refractivity contribution in [3.63, 3.8) is 0 Å². The van der Waals surface area contributed by atoms with Crippen molar-refractivity contribution in [1.82, 2.24) is 10.2 Å². The van der Waals surface area contributed by atoms with Gasteiger partial charge in [-0.25, -0.2) is 0 Å². The summed E-state index contributed by atoms with van der Waals surface area (Å²) < 4.78 is 6.51. The Balaban J connectivity index is 1.88. The minimum atomic E-state index is -0.743. The maximum Gasteiger partial charge on any atom is 0.261 e. The van der Waals surface area contributed by atoms with Gasteiger partial charge in [-0.2, -0.15) is 0 Å². The second-order valence-electron chi connectivity index (χ2n) is 7.33. The van der Waals surface area contributed by atoms with Crippen LogP contribution in [0.3, 0.4) is 0 Å². The summed E-state index contributed by atoms with van der Waals surface area (Å²) in [7, 11) is 1.56. The van der Waals surface area contributed by atoms with Crippen LogP contribution in [0, 0.1) is 0 Å². The van der Waals surface area contributed by atoms with Crippen molar-refractivity contribution in [3.05, 3.63) is 98.4 Å². The Hall–Kier alpha value is -2.54. The summed E-state index contributed by atoms with van der Waals surface area (Å²) in [6.45, 7) is -0.0774. The van der Waals surface area contributed by atoms with Gasteiger partial charge in [0.2, 0.25) is 5.91 Å². The Morgan fingerprint density at radius 2 is 1.73 bits per heavy atom. The lowest BCUT2D eigenvalue weighted by molar-refractivity contribution is -0.142. The number of ether oxygens (including phenoxy) is 1. The molecule has 8 heteroatoms. The van der Waals surface area contributed by atoms with E-state index in [-0.39, 0.29) is 25.0 Å². The normalized spacial score (nSPS) is 11.5. The molecule has 172 valence electrons. The first-order valence-corrected chi connectivity index (χ1v) is 11.8. The Labute approximate surface area is 211 Å². The molecular formula is C25H23BrCl2N2O3. The fourth-order valence-corrected chi connectivity index (χ4v) is 4.31. The third-order valence-corrected chi connectivity index (χ3v) is 6.03. The number of likely N-dealkylation sites (N-methyl/N-ethyl adjacent to an activating group) is 1. The van der Waals surface area contributed by atoms with E-state index in [2.05, 4.69) is 21.2 Å². The standard InChI is InChI=1S/C25H23BrCl2N2O3/c1-29-25(32)22(13-17-6-3-2-4-7-17)30(15-18-8-5-9-20(27)12-18)24(31)16-33-23-11-10-19(26)14-21(23)28/h2-12,14,22H,13,15-16H2,1H3,(H,29,32). The number of nitrogens with one attached hydrogen (secondary N) is 1. The van der Waals surface area contributed by atoms with Gasteiger partial charge in [-0.3, -0.25) is 9.59 Å². The Bertz CT molecular complexity index is 1110. The van der Waals surface area contributed by atoms with E-state index < -0.39 is 6.04 Å². The molecule has 0 radical (unpaired) electrons. The average molecular weight is 550 g/mol. The van der Waals surface area contributed by atoms with E-state index in [0.29, 0.717) is 22.2 Å². The molecule has 3 aromatic rings. The molecule has 0 aliphatic heterocycles. The maximum absolute atomic E-state index is 13.4. The van der Waals surface area contributed by atoms with Crippen molar-refractivity contribution in [2.24, 2.45) is 0 Å². The van der Waals surface area contributed by atoms with Gasteiger partial charge in [0, 0.05) is 29.5 Å². The summed E-state index contributed by atoms with van der Waals surface area (Å²) >= 11 is 15.7. The van der Waals surface area contributed by atoms with Gasteiger partial charge in [0.1, 0.15) is 11.8 Å². The molecule has 2 amide bonds. The molecule has 0 heterocycles. The topological polar surface area (TPSA) is 58.6 Å². The van der Waals surface area contributed by atoms with Gasteiger partial charge in [-0.05, 0) is 41.5 Å². The highest BCUT2D eigenvalue weighted by molar-refractivity contribution is 9.10. The summed E-state index contributed by atoms with van der Waals surface area (Å²) in [4.78, 5) is 27.8. The second kappa shape index (κ2) is 12.1. The highest BCUT2D eigenvalue weighted by atomic mass is 79.9. The summed E-state index contributed by atoms with van der Waals surface area (Å²) in [5.74, 6) is -0.232. The van der Waals surface area contributed by atoms with Gasteiger partial charge in [-0.15, -0.1) is 0 Å². The zero-order valence-corrected chi connectivity index (χ0v) is 21.0. The quantitative estimate of drug-likeness (QED) is 0.382. The number of hydrogen-bond acceptors (Lipinski definition) is 3. The molecule has 0 spiro atoms. The van der Waals surface area contributed by atoms with Crippen LogP contribution in [0.1, 0.15) is 11.1 Å². The van der Waals surface area contributed by atoms with Gasteiger partial charge in [-0.1, -0.05) is 81.6 Å². The van der Waals surface area contributed by atoms with E-state index in [9.17, 15) is 9.59 Å². The van der Waals surface area contributed by atoms with E-state index in [1.165, 1.54) is 4.90 Å². The molecule has 0 fully saturated rings. The predicted octanol–water partition coefficient (Wildman–Crippen LogP) is 5.52. The molecule has 0 aromatic heterocycles. The van der Waals surface area contributed by atoms with Crippen LogP contribution in [0.15, 0.2) is 77.3 Å². The number of rotatable bonds is 9. The van der Waals surface area contributed by atoms with Crippen molar-refractivity contribution in [1.29, 1.82) is 0 Å². The first-order valence-electron chi connectivity index (χ1n) is 10.2. The largest absolute Gasteiger partial charge is 0.482 e. The van der Waals surface area contributed by atoms with E-state index in [1.54, 1.807) is 37.4 Å². The number of carbonyl (C=O) groups is 2. The highest BCUT2D eigenvalue weighted by Crippen LogP contribution is 2.28. The zero-order valence-electron chi connectivity index (χ0n) is 17.9. The lowest BCUT2D eigenvalue weighted by Gasteiger charge is -2.31. The fourth-order valence-electron chi connectivity index (χ4n) is 3.37. The molecule has 33 heavy (non-hydrogen) atoms. The smallest absolute Gasteiger partial charge is 0.261 e. The molecule has 3 aromatic carbocycles. The van der Waals surface area contributed by atoms with Crippen LogP contribution < -0.4 is 10.1 Å². The van der Waals surface area contributed by atoms with E-state index in [1.807, 2.05) is 42.5 Å². The Kier molecular flexibility index (Phi) is 9.18. The zero-order chi connectivity index (χ0) is 23.8. The minimum Gasteiger partial charge on any atom is -0.482 e. The van der Waals surface area contributed by atoms with Gasteiger partial charge >= 0.3 is 0 Å². The molecule has 0 saturated carbocycles. The SMILES string of the molecule is CNC(=O)C(Cc1ccccc1)N(Cc1cccc(Cl)c1)C(=O)COc1ccc(Br)cc1Cl. The third kappa shape index (κ3) is 7.22. The average Bonchev–Trinajstić information content (AvgIpc) is 2.81. The molecule has 1 N–H and O–H groups in total. The lowest BCUT2D eigenvalue weighted by Crippen LogP contribution is -2.51. The first-order chi connectivity index (χ1) is 15.9. The molecule has 0 saturated heterocycles. The number of carbonyl (C=O) groups excluding carboxylic acids is 2. The summed E-state index contributed by atoms with van der Waals surface area (Å²) in [5, 5.41) is 3.61. The van der Waals surface area contributed by atoms with E-state index >= 15 is 0 Å². The molecule has 1 unspecified atom stereocenters. The van der Waals surface area contributed by atoms with Crippen molar-refractivity contribution < 1.29 is 14.3 Å². The number of amides is 2. The molecule has 3 rings (SSSR count). The van der Waals surface area contributed by atoms with Crippen molar-refractivity contribution >= 4 is 50.9 Å². The van der Waals surface area contributed by atoms with Crippen LogP contribution in [-0.4, -0.2) is 36.4 Å². The van der Waals surface area contributed by atoms with Crippen molar-refractivity contribution in [3.8, 4) is 5.75 Å². The summed E-state index contributed by atoms with van der Waals surface area (Å²) in [6.07, 6.45) is 0.353. The molecule has 1 atom stereocenters. The summed E-state index contributed by atoms with van der Waals surface area (Å²) in [6, 6.07) is 21.2. The van der Waals surface area contributed by atoms with Gasteiger partial charge in [0.15, 0.2) is 6.61 Å². The van der Waals surface area contributed by atoms with Gasteiger partial charge < -0.3 is 15.0 Å². The maximum atomic E-state index is 13.4. The van der Waals surface area contributed by atoms with Crippen molar-refractivity contribution in [2.75, 3.05) is 13.7 Å². The van der Waals surface area contributed by atoms with Crippen LogP contribution in [0.4, 0.5) is 0 Å². The van der Waals surface area contributed by atoms with Crippen molar-refractivity contribution in [2.45, 2.75) is 19.0 Å².